The second-order valence-electron chi connectivity index (χ2n) is 6.82. The van der Waals surface area contributed by atoms with E-state index in [1.807, 2.05) is 30.1 Å². The molecule has 1 aliphatic carbocycles. The summed E-state index contributed by atoms with van der Waals surface area (Å²) in [6, 6.07) is 10.7. The van der Waals surface area contributed by atoms with E-state index in [0.717, 1.165) is 19.4 Å². The zero-order valence-corrected chi connectivity index (χ0v) is 14.2. The molecule has 0 aliphatic heterocycles. The Morgan fingerprint density at radius 1 is 1.27 bits per heavy atom. The van der Waals surface area contributed by atoms with E-state index in [-0.39, 0.29) is 11.4 Å². The summed E-state index contributed by atoms with van der Waals surface area (Å²) in [5.41, 5.74) is 1.03. The van der Waals surface area contributed by atoms with Crippen molar-refractivity contribution in [3.05, 3.63) is 35.9 Å². The maximum Gasteiger partial charge on any atom is 0.236 e. The third kappa shape index (κ3) is 4.55. The summed E-state index contributed by atoms with van der Waals surface area (Å²) in [4.78, 5) is 16.6. The highest BCUT2D eigenvalue weighted by Crippen LogP contribution is 2.26. The first-order valence-electron chi connectivity index (χ1n) is 7.97. The monoisotopic (exact) mass is 304 g/mol. The van der Waals surface area contributed by atoms with Crippen LogP contribution in [0.5, 0.6) is 0 Å². The largest absolute Gasteiger partial charge is 0.383 e. The molecule has 0 unspecified atom stereocenters. The predicted molar refractivity (Wildman–Crippen MR) is 88.6 cm³/mol. The van der Waals surface area contributed by atoms with E-state index in [9.17, 15) is 4.79 Å². The number of carbonyl (C=O) groups excluding carboxylic acids is 1. The molecule has 0 atom stereocenters. The predicted octanol–water partition coefficient (Wildman–Crippen LogP) is 2.53. The lowest BCUT2D eigenvalue weighted by Crippen LogP contribution is -2.51. The van der Waals surface area contributed by atoms with Crippen LogP contribution in [0.4, 0.5) is 0 Å². The molecule has 0 N–H and O–H groups in total. The van der Waals surface area contributed by atoms with Crippen LogP contribution in [0, 0.1) is 0 Å². The number of ether oxygens (including phenoxy) is 1. The number of benzene rings is 1. The van der Waals surface area contributed by atoms with Crippen molar-refractivity contribution in [2.45, 2.75) is 44.8 Å². The Hall–Kier alpha value is -1.39. The van der Waals surface area contributed by atoms with Crippen LogP contribution < -0.4 is 0 Å². The van der Waals surface area contributed by atoms with Crippen LogP contribution in [0.25, 0.3) is 0 Å². The van der Waals surface area contributed by atoms with E-state index in [4.69, 9.17) is 4.74 Å². The fourth-order valence-corrected chi connectivity index (χ4v) is 2.67. The third-order valence-corrected chi connectivity index (χ3v) is 4.38. The number of methoxy groups -OCH3 is 1. The van der Waals surface area contributed by atoms with Crippen molar-refractivity contribution >= 4 is 5.91 Å². The zero-order valence-electron chi connectivity index (χ0n) is 14.2. The van der Waals surface area contributed by atoms with Gasteiger partial charge >= 0.3 is 0 Å². The third-order valence-electron chi connectivity index (χ3n) is 4.38. The molecule has 4 nitrogen and oxygen atoms in total. The standard InChI is InChI=1S/C18H28N2O2/c1-18(2,14-22-4)20(12-15-8-6-5-7-9-15)13-17(21)19(3)16-10-11-16/h5-9,16H,10-14H2,1-4H3. The number of carbonyl (C=O) groups is 1. The highest BCUT2D eigenvalue weighted by molar-refractivity contribution is 5.78. The lowest BCUT2D eigenvalue weighted by atomic mass is 10.0. The van der Waals surface area contributed by atoms with Gasteiger partial charge in [-0.05, 0) is 32.3 Å². The molecule has 1 amide bonds. The Bertz CT molecular complexity index is 483. The van der Waals surface area contributed by atoms with Crippen molar-refractivity contribution in [2.75, 3.05) is 27.3 Å². The van der Waals surface area contributed by atoms with Crippen LogP contribution in [0.3, 0.4) is 0 Å². The molecule has 0 aromatic heterocycles. The van der Waals surface area contributed by atoms with Crippen molar-refractivity contribution in [1.29, 1.82) is 0 Å². The second-order valence-corrected chi connectivity index (χ2v) is 6.82. The van der Waals surface area contributed by atoms with Gasteiger partial charge in [-0.15, -0.1) is 0 Å². The van der Waals surface area contributed by atoms with Gasteiger partial charge in [0.25, 0.3) is 0 Å². The average Bonchev–Trinajstić information content (AvgIpc) is 3.31. The molecule has 122 valence electrons. The van der Waals surface area contributed by atoms with Crippen LogP contribution in [0.15, 0.2) is 30.3 Å². The average molecular weight is 304 g/mol. The topological polar surface area (TPSA) is 32.8 Å². The minimum absolute atomic E-state index is 0.190. The summed E-state index contributed by atoms with van der Waals surface area (Å²) in [6.07, 6.45) is 2.28. The van der Waals surface area contributed by atoms with E-state index in [1.165, 1.54) is 5.56 Å². The van der Waals surface area contributed by atoms with Crippen LogP contribution in [0.1, 0.15) is 32.3 Å². The summed E-state index contributed by atoms with van der Waals surface area (Å²) in [5, 5.41) is 0. The summed E-state index contributed by atoms with van der Waals surface area (Å²) in [7, 11) is 3.63. The molecule has 4 heteroatoms. The molecule has 0 radical (unpaired) electrons. The van der Waals surface area contributed by atoms with Gasteiger partial charge in [0.15, 0.2) is 0 Å². The molecular formula is C18H28N2O2. The summed E-state index contributed by atoms with van der Waals surface area (Å²) < 4.78 is 5.36. The number of likely N-dealkylation sites (N-methyl/N-ethyl adjacent to an activating group) is 1. The van der Waals surface area contributed by atoms with Crippen LogP contribution in [-0.2, 0) is 16.1 Å². The van der Waals surface area contributed by atoms with E-state index in [2.05, 4.69) is 30.9 Å². The fraction of sp³-hybridized carbons (Fsp3) is 0.611. The lowest BCUT2D eigenvalue weighted by molar-refractivity contribution is -0.134. The molecule has 1 aromatic rings. The highest BCUT2D eigenvalue weighted by Gasteiger charge is 2.33. The first kappa shape index (κ1) is 17.0. The molecule has 0 bridgehead atoms. The smallest absolute Gasteiger partial charge is 0.236 e. The van der Waals surface area contributed by atoms with Gasteiger partial charge in [0.05, 0.1) is 13.2 Å². The SMILES string of the molecule is COCC(C)(C)N(CC(=O)N(C)C1CC1)Cc1ccccc1. The van der Waals surface area contributed by atoms with Gasteiger partial charge in [0.2, 0.25) is 5.91 Å². The quantitative estimate of drug-likeness (QED) is 0.740. The zero-order chi connectivity index (χ0) is 16.2. The Labute approximate surface area is 134 Å². The Morgan fingerprint density at radius 3 is 2.45 bits per heavy atom. The molecule has 2 rings (SSSR count). The van der Waals surface area contributed by atoms with Crippen molar-refractivity contribution in [2.24, 2.45) is 0 Å². The van der Waals surface area contributed by atoms with Crippen LogP contribution >= 0.6 is 0 Å². The van der Waals surface area contributed by atoms with Crippen molar-refractivity contribution < 1.29 is 9.53 Å². The summed E-state index contributed by atoms with van der Waals surface area (Å²) in [6.45, 7) is 6.04. The molecule has 0 saturated heterocycles. The molecule has 1 saturated carbocycles. The molecule has 0 spiro atoms. The van der Waals surface area contributed by atoms with Crippen molar-refractivity contribution in [1.82, 2.24) is 9.80 Å². The molecule has 1 fully saturated rings. The Morgan fingerprint density at radius 2 is 1.91 bits per heavy atom. The van der Waals surface area contributed by atoms with Crippen LogP contribution in [0.2, 0.25) is 0 Å². The summed E-state index contributed by atoms with van der Waals surface area (Å²) in [5.74, 6) is 0.197. The van der Waals surface area contributed by atoms with E-state index in [1.54, 1.807) is 7.11 Å². The number of rotatable bonds is 8. The highest BCUT2D eigenvalue weighted by atomic mass is 16.5. The van der Waals surface area contributed by atoms with E-state index >= 15 is 0 Å². The molecule has 1 aromatic carbocycles. The second kappa shape index (κ2) is 7.25. The Kier molecular flexibility index (Phi) is 5.59. The number of hydrogen-bond acceptors (Lipinski definition) is 3. The van der Waals surface area contributed by atoms with Gasteiger partial charge in [-0.2, -0.15) is 0 Å². The molecule has 22 heavy (non-hydrogen) atoms. The first-order chi connectivity index (χ1) is 10.4. The van der Waals surface area contributed by atoms with Gasteiger partial charge in [0.1, 0.15) is 0 Å². The van der Waals surface area contributed by atoms with Gasteiger partial charge in [-0.25, -0.2) is 0 Å². The van der Waals surface area contributed by atoms with Gasteiger partial charge < -0.3 is 9.64 Å². The fourth-order valence-electron chi connectivity index (χ4n) is 2.67. The molecule has 1 aliphatic rings. The number of nitrogens with zero attached hydrogens (tertiary/aromatic N) is 2. The van der Waals surface area contributed by atoms with Gasteiger partial charge in [0, 0.05) is 32.3 Å². The Balaban J connectivity index is 2.08. The van der Waals surface area contributed by atoms with E-state index < -0.39 is 0 Å². The van der Waals surface area contributed by atoms with Crippen LogP contribution in [-0.4, -0.2) is 54.6 Å². The maximum atomic E-state index is 12.5. The molecular weight excluding hydrogens is 276 g/mol. The summed E-state index contributed by atoms with van der Waals surface area (Å²) >= 11 is 0. The van der Waals surface area contributed by atoms with Gasteiger partial charge in [-0.1, -0.05) is 30.3 Å². The van der Waals surface area contributed by atoms with E-state index in [0.29, 0.717) is 19.2 Å². The number of amides is 1. The normalized spacial score (nSPS) is 15.1. The molecule has 0 heterocycles. The van der Waals surface area contributed by atoms with Gasteiger partial charge in [-0.3, -0.25) is 9.69 Å². The maximum absolute atomic E-state index is 12.5. The lowest BCUT2D eigenvalue weighted by Gasteiger charge is -2.38. The minimum atomic E-state index is -0.190. The van der Waals surface area contributed by atoms with Crippen molar-refractivity contribution in [3.8, 4) is 0 Å². The van der Waals surface area contributed by atoms with Crippen molar-refractivity contribution in [3.63, 3.8) is 0 Å². The minimum Gasteiger partial charge on any atom is -0.383 e. The number of hydrogen-bond donors (Lipinski definition) is 0. The first-order valence-corrected chi connectivity index (χ1v) is 7.97.